The summed E-state index contributed by atoms with van der Waals surface area (Å²) in [6.07, 6.45) is 1.59. The zero-order valence-corrected chi connectivity index (χ0v) is 16.3. The van der Waals surface area contributed by atoms with Gasteiger partial charge in [-0.2, -0.15) is 0 Å². The van der Waals surface area contributed by atoms with E-state index in [1.807, 2.05) is 25.1 Å². The van der Waals surface area contributed by atoms with Crippen LogP contribution in [0.25, 0.3) is 0 Å². The third kappa shape index (κ3) is 4.02. The molecule has 0 bridgehead atoms. The van der Waals surface area contributed by atoms with E-state index in [1.165, 1.54) is 5.69 Å². The summed E-state index contributed by atoms with van der Waals surface area (Å²) in [5, 5.41) is 0. The number of sulfonamides is 1. The first-order valence-electron chi connectivity index (χ1n) is 8.88. The van der Waals surface area contributed by atoms with Gasteiger partial charge in [0.15, 0.2) is 0 Å². The summed E-state index contributed by atoms with van der Waals surface area (Å²) >= 11 is 0. The molecule has 0 saturated carbocycles. The zero-order chi connectivity index (χ0) is 18.7. The van der Waals surface area contributed by atoms with Crippen LogP contribution in [0.4, 0.5) is 5.69 Å². The van der Waals surface area contributed by atoms with Gasteiger partial charge in [-0.25, -0.2) is 13.1 Å². The lowest BCUT2D eigenvalue weighted by Crippen LogP contribution is -2.44. The van der Waals surface area contributed by atoms with Gasteiger partial charge in [0, 0.05) is 24.8 Å². The minimum Gasteiger partial charge on any atom is -0.496 e. The van der Waals surface area contributed by atoms with E-state index in [0.29, 0.717) is 16.2 Å². The van der Waals surface area contributed by atoms with Crippen molar-refractivity contribution in [3.05, 3.63) is 53.6 Å². The lowest BCUT2D eigenvalue weighted by Gasteiger charge is -2.33. The van der Waals surface area contributed by atoms with E-state index in [-0.39, 0.29) is 6.04 Å². The van der Waals surface area contributed by atoms with Gasteiger partial charge in [0.25, 0.3) is 0 Å². The van der Waals surface area contributed by atoms with Crippen LogP contribution in [0.3, 0.4) is 0 Å². The van der Waals surface area contributed by atoms with Crippen molar-refractivity contribution in [3.8, 4) is 5.75 Å². The maximum Gasteiger partial charge on any atom is 0.241 e. The molecule has 0 amide bonds. The minimum absolute atomic E-state index is 0.0400. The van der Waals surface area contributed by atoms with Crippen LogP contribution in [0, 0.1) is 13.8 Å². The quantitative estimate of drug-likeness (QED) is 0.873. The zero-order valence-electron chi connectivity index (χ0n) is 15.5. The standard InChI is InChI=1S/C20H26N2O3S/c1-15-14-20(16(2)13-19(15)25-3)26(23,24)21-17-9-11-22(12-10-17)18-7-5-4-6-8-18/h4-8,13-14,17,21H,9-12H2,1-3H3. The van der Waals surface area contributed by atoms with Crippen LogP contribution in [0.1, 0.15) is 24.0 Å². The van der Waals surface area contributed by atoms with Crippen molar-refractivity contribution in [2.24, 2.45) is 0 Å². The molecule has 1 aliphatic heterocycles. The summed E-state index contributed by atoms with van der Waals surface area (Å²) in [6.45, 7) is 5.35. The molecule has 0 unspecified atom stereocenters. The third-order valence-electron chi connectivity index (χ3n) is 4.92. The number of hydrogen-bond donors (Lipinski definition) is 1. The van der Waals surface area contributed by atoms with E-state index in [4.69, 9.17) is 4.74 Å². The fourth-order valence-electron chi connectivity index (χ4n) is 3.45. The molecule has 1 N–H and O–H groups in total. The average molecular weight is 375 g/mol. The number of rotatable bonds is 5. The Balaban J connectivity index is 1.69. The van der Waals surface area contributed by atoms with Gasteiger partial charge >= 0.3 is 0 Å². The van der Waals surface area contributed by atoms with Crippen molar-refractivity contribution in [2.45, 2.75) is 37.6 Å². The summed E-state index contributed by atoms with van der Waals surface area (Å²) in [5.74, 6) is 0.706. The van der Waals surface area contributed by atoms with E-state index in [1.54, 1.807) is 26.2 Å². The highest BCUT2D eigenvalue weighted by atomic mass is 32.2. The SMILES string of the molecule is COc1cc(C)c(S(=O)(=O)NC2CCN(c3ccccc3)CC2)cc1C. The Morgan fingerprint density at radius 3 is 2.31 bits per heavy atom. The fraction of sp³-hybridized carbons (Fsp3) is 0.400. The van der Waals surface area contributed by atoms with E-state index >= 15 is 0 Å². The van der Waals surface area contributed by atoms with Gasteiger partial charge in [-0.15, -0.1) is 0 Å². The second-order valence-corrected chi connectivity index (χ2v) is 8.49. The molecular weight excluding hydrogens is 348 g/mol. The van der Waals surface area contributed by atoms with Crippen LogP contribution in [0.15, 0.2) is 47.4 Å². The second-order valence-electron chi connectivity index (χ2n) is 6.81. The largest absolute Gasteiger partial charge is 0.496 e. The summed E-state index contributed by atoms with van der Waals surface area (Å²) in [4.78, 5) is 2.63. The Morgan fingerprint density at radius 1 is 1.04 bits per heavy atom. The maximum atomic E-state index is 12.9. The molecule has 5 nitrogen and oxygen atoms in total. The molecule has 3 rings (SSSR count). The second kappa shape index (κ2) is 7.68. The number of nitrogens with one attached hydrogen (secondary N) is 1. The van der Waals surface area contributed by atoms with Crippen molar-refractivity contribution >= 4 is 15.7 Å². The molecule has 0 radical (unpaired) electrons. The summed E-state index contributed by atoms with van der Waals surface area (Å²) in [6, 6.07) is 13.7. The van der Waals surface area contributed by atoms with E-state index in [9.17, 15) is 8.42 Å². The fourth-order valence-corrected chi connectivity index (χ4v) is 5.07. The molecule has 0 aromatic heterocycles. The predicted molar refractivity (Wildman–Crippen MR) is 104 cm³/mol. The molecule has 1 aliphatic rings. The maximum absolute atomic E-state index is 12.9. The van der Waals surface area contributed by atoms with Gasteiger partial charge in [-0.3, -0.25) is 0 Å². The van der Waals surface area contributed by atoms with E-state index in [2.05, 4.69) is 21.8 Å². The molecular formula is C20H26N2O3S. The Kier molecular flexibility index (Phi) is 5.53. The molecule has 140 valence electrons. The molecule has 0 spiro atoms. The van der Waals surface area contributed by atoms with Crippen molar-refractivity contribution < 1.29 is 13.2 Å². The Bertz CT molecular complexity index is 858. The van der Waals surface area contributed by atoms with E-state index < -0.39 is 10.0 Å². The Labute approximate surface area is 156 Å². The number of benzene rings is 2. The monoisotopic (exact) mass is 374 g/mol. The number of para-hydroxylation sites is 1. The molecule has 1 heterocycles. The minimum atomic E-state index is -3.54. The first-order chi connectivity index (χ1) is 12.4. The van der Waals surface area contributed by atoms with Gasteiger partial charge in [0.2, 0.25) is 10.0 Å². The highest BCUT2D eigenvalue weighted by molar-refractivity contribution is 7.89. The number of ether oxygens (including phenoxy) is 1. The first kappa shape index (κ1) is 18.7. The van der Waals surface area contributed by atoms with Gasteiger partial charge in [-0.05, 0) is 62.1 Å². The van der Waals surface area contributed by atoms with Crippen LogP contribution in [-0.2, 0) is 10.0 Å². The first-order valence-corrected chi connectivity index (χ1v) is 10.4. The number of piperidine rings is 1. The van der Waals surface area contributed by atoms with Gasteiger partial charge in [-0.1, -0.05) is 18.2 Å². The van der Waals surface area contributed by atoms with Crippen molar-refractivity contribution in [1.29, 1.82) is 0 Å². The molecule has 1 fully saturated rings. The number of nitrogens with zero attached hydrogens (tertiary/aromatic N) is 1. The highest BCUT2D eigenvalue weighted by Gasteiger charge is 2.26. The molecule has 26 heavy (non-hydrogen) atoms. The molecule has 2 aromatic carbocycles. The van der Waals surface area contributed by atoms with Gasteiger partial charge in [0.1, 0.15) is 5.75 Å². The van der Waals surface area contributed by atoms with Gasteiger partial charge in [0.05, 0.1) is 12.0 Å². The molecule has 2 aromatic rings. The number of anilines is 1. The summed E-state index contributed by atoms with van der Waals surface area (Å²) in [7, 11) is -1.95. The Morgan fingerprint density at radius 2 is 1.69 bits per heavy atom. The number of hydrogen-bond acceptors (Lipinski definition) is 4. The lowest BCUT2D eigenvalue weighted by atomic mass is 10.1. The predicted octanol–water partition coefficient (Wildman–Crippen LogP) is 3.26. The topological polar surface area (TPSA) is 58.6 Å². The molecule has 0 aliphatic carbocycles. The smallest absolute Gasteiger partial charge is 0.241 e. The van der Waals surface area contributed by atoms with Crippen LogP contribution >= 0.6 is 0 Å². The van der Waals surface area contributed by atoms with Crippen molar-refractivity contribution in [1.82, 2.24) is 4.72 Å². The number of aryl methyl sites for hydroxylation is 2. The van der Waals surface area contributed by atoms with Crippen LogP contribution in [0.2, 0.25) is 0 Å². The van der Waals surface area contributed by atoms with Crippen LogP contribution in [0.5, 0.6) is 5.75 Å². The lowest BCUT2D eigenvalue weighted by molar-refractivity contribution is 0.410. The highest BCUT2D eigenvalue weighted by Crippen LogP contribution is 2.26. The van der Waals surface area contributed by atoms with Gasteiger partial charge < -0.3 is 9.64 Å². The summed E-state index contributed by atoms with van der Waals surface area (Å²) in [5.41, 5.74) is 2.70. The Hall–Kier alpha value is -2.05. The van der Waals surface area contributed by atoms with Crippen LogP contribution < -0.4 is 14.4 Å². The molecule has 1 saturated heterocycles. The average Bonchev–Trinajstić information content (AvgIpc) is 2.64. The normalized spacial score (nSPS) is 15.9. The van der Waals surface area contributed by atoms with Crippen LogP contribution in [-0.4, -0.2) is 34.7 Å². The van der Waals surface area contributed by atoms with E-state index in [0.717, 1.165) is 31.5 Å². The summed E-state index contributed by atoms with van der Waals surface area (Å²) < 4.78 is 33.9. The molecule has 0 atom stereocenters. The molecule has 6 heteroatoms. The van der Waals surface area contributed by atoms with Crippen molar-refractivity contribution in [3.63, 3.8) is 0 Å². The van der Waals surface area contributed by atoms with Crippen molar-refractivity contribution in [2.75, 3.05) is 25.1 Å². The number of methoxy groups -OCH3 is 1. The third-order valence-corrected chi connectivity index (χ3v) is 6.58.